The standard InChI is InChI=1S/C8H8Cl2N4O/c9-5-2-12-8(10)13-7(5)14-3-4(11)1-6(14)15/h2,4H,1,3,11H2. The molecule has 5 nitrogen and oxygen atoms in total. The van der Waals surface area contributed by atoms with Gasteiger partial charge >= 0.3 is 0 Å². The lowest BCUT2D eigenvalue weighted by molar-refractivity contribution is -0.117. The van der Waals surface area contributed by atoms with Gasteiger partial charge in [0.15, 0.2) is 5.82 Å². The Bertz CT molecular complexity index is 412. The SMILES string of the molecule is NC1CC(=O)N(c2nc(Cl)ncc2Cl)C1. The van der Waals surface area contributed by atoms with Crippen molar-refractivity contribution >= 4 is 34.9 Å². The lowest BCUT2D eigenvalue weighted by Crippen LogP contribution is -2.29. The molecule has 1 aliphatic heterocycles. The van der Waals surface area contributed by atoms with Crippen molar-refractivity contribution in [3.63, 3.8) is 0 Å². The van der Waals surface area contributed by atoms with Crippen LogP contribution in [0.4, 0.5) is 5.82 Å². The maximum atomic E-state index is 11.5. The van der Waals surface area contributed by atoms with E-state index in [-0.39, 0.29) is 17.2 Å². The molecule has 1 saturated heterocycles. The highest BCUT2D eigenvalue weighted by Crippen LogP contribution is 2.27. The molecule has 0 radical (unpaired) electrons. The van der Waals surface area contributed by atoms with Gasteiger partial charge in [0, 0.05) is 19.0 Å². The second-order valence-electron chi connectivity index (χ2n) is 3.28. The molecule has 1 unspecified atom stereocenters. The number of amides is 1. The molecule has 80 valence electrons. The minimum Gasteiger partial charge on any atom is -0.326 e. The lowest BCUT2D eigenvalue weighted by Gasteiger charge is -2.15. The summed E-state index contributed by atoms with van der Waals surface area (Å²) in [5, 5.41) is 0.351. The predicted molar refractivity (Wildman–Crippen MR) is 57.0 cm³/mol. The molecule has 2 rings (SSSR count). The third-order valence-corrected chi connectivity index (χ3v) is 2.56. The molecule has 2 N–H and O–H groups in total. The minimum atomic E-state index is -0.178. The van der Waals surface area contributed by atoms with E-state index in [0.717, 1.165) is 0 Å². The Morgan fingerprint density at radius 3 is 2.87 bits per heavy atom. The smallest absolute Gasteiger partial charge is 0.229 e. The first kappa shape index (κ1) is 10.6. The van der Waals surface area contributed by atoms with Gasteiger partial charge in [-0.25, -0.2) is 4.98 Å². The van der Waals surface area contributed by atoms with Crippen LogP contribution in [0.25, 0.3) is 0 Å². The molecule has 2 heterocycles. The second-order valence-corrected chi connectivity index (χ2v) is 4.02. The average molecular weight is 247 g/mol. The Balaban J connectivity index is 2.37. The summed E-state index contributed by atoms with van der Waals surface area (Å²) in [5.74, 6) is 0.230. The van der Waals surface area contributed by atoms with Crippen molar-refractivity contribution in [2.24, 2.45) is 5.73 Å². The highest BCUT2D eigenvalue weighted by Gasteiger charge is 2.30. The summed E-state index contributed by atoms with van der Waals surface area (Å²) < 4.78 is 0. The van der Waals surface area contributed by atoms with Crippen LogP contribution in [0.15, 0.2) is 6.20 Å². The quantitative estimate of drug-likeness (QED) is 0.746. The van der Waals surface area contributed by atoms with Gasteiger partial charge in [0.25, 0.3) is 0 Å². The first-order chi connectivity index (χ1) is 7.08. The van der Waals surface area contributed by atoms with E-state index < -0.39 is 0 Å². The van der Waals surface area contributed by atoms with Crippen LogP contribution in [-0.2, 0) is 4.79 Å². The van der Waals surface area contributed by atoms with Crippen LogP contribution in [0, 0.1) is 0 Å². The average Bonchev–Trinajstić information content (AvgIpc) is 2.50. The van der Waals surface area contributed by atoms with E-state index in [4.69, 9.17) is 28.9 Å². The minimum absolute atomic E-state index is 0.0580. The molecule has 1 aliphatic rings. The van der Waals surface area contributed by atoms with Gasteiger partial charge in [-0.3, -0.25) is 9.69 Å². The number of carbonyl (C=O) groups is 1. The number of hydrogen-bond acceptors (Lipinski definition) is 4. The molecule has 1 amide bonds. The van der Waals surface area contributed by atoms with E-state index >= 15 is 0 Å². The van der Waals surface area contributed by atoms with E-state index in [1.807, 2.05) is 0 Å². The van der Waals surface area contributed by atoms with E-state index in [1.165, 1.54) is 11.1 Å². The molecule has 1 atom stereocenters. The summed E-state index contributed by atoms with van der Waals surface area (Å²) in [6.07, 6.45) is 1.67. The molecule has 7 heteroatoms. The molecular weight excluding hydrogens is 239 g/mol. The first-order valence-corrected chi connectivity index (χ1v) is 5.07. The molecular formula is C8H8Cl2N4O. The zero-order valence-corrected chi connectivity index (χ0v) is 9.16. The number of hydrogen-bond donors (Lipinski definition) is 1. The summed E-state index contributed by atoms with van der Waals surface area (Å²) in [5.41, 5.74) is 5.66. The fourth-order valence-corrected chi connectivity index (χ4v) is 1.79. The second kappa shape index (κ2) is 3.92. The molecule has 0 aromatic carbocycles. The van der Waals surface area contributed by atoms with Crippen LogP contribution < -0.4 is 10.6 Å². The molecule has 1 aromatic heterocycles. The Kier molecular flexibility index (Phi) is 2.77. The molecule has 0 saturated carbocycles. The van der Waals surface area contributed by atoms with Gasteiger partial charge in [-0.15, -0.1) is 0 Å². The largest absolute Gasteiger partial charge is 0.326 e. The Morgan fingerprint density at radius 1 is 1.53 bits per heavy atom. The number of nitrogens with two attached hydrogens (primary N) is 1. The van der Waals surface area contributed by atoms with E-state index in [9.17, 15) is 4.79 Å². The number of carbonyl (C=O) groups excluding carboxylic acids is 1. The maximum absolute atomic E-state index is 11.5. The first-order valence-electron chi connectivity index (χ1n) is 4.32. The zero-order valence-electron chi connectivity index (χ0n) is 7.65. The van der Waals surface area contributed by atoms with Crippen LogP contribution >= 0.6 is 23.2 Å². The van der Waals surface area contributed by atoms with E-state index in [0.29, 0.717) is 23.8 Å². The fraction of sp³-hybridized carbons (Fsp3) is 0.375. The van der Waals surface area contributed by atoms with E-state index in [1.54, 1.807) is 0 Å². The van der Waals surface area contributed by atoms with Gasteiger partial charge in [-0.2, -0.15) is 4.98 Å². The van der Waals surface area contributed by atoms with Gasteiger partial charge in [0.05, 0.1) is 6.20 Å². The van der Waals surface area contributed by atoms with E-state index in [2.05, 4.69) is 9.97 Å². The van der Waals surface area contributed by atoms with Gasteiger partial charge in [0.2, 0.25) is 11.2 Å². The van der Waals surface area contributed by atoms with Crippen molar-refractivity contribution < 1.29 is 4.79 Å². The molecule has 1 aromatic rings. The maximum Gasteiger partial charge on any atom is 0.229 e. The van der Waals surface area contributed by atoms with Crippen molar-refractivity contribution in [3.8, 4) is 0 Å². The summed E-state index contributed by atoms with van der Waals surface area (Å²) >= 11 is 11.5. The monoisotopic (exact) mass is 246 g/mol. The third kappa shape index (κ3) is 2.04. The summed E-state index contributed by atoms with van der Waals surface area (Å²) in [6.45, 7) is 0.409. The molecule has 0 spiro atoms. The van der Waals surface area contributed by atoms with Crippen LogP contribution in [-0.4, -0.2) is 28.5 Å². The molecule has 0 bridgehead atoms. The highest BCUT2D eigenvalue weighted by molar-refractivity contribution is 6.34. The van der Waals surface area contributed by atoms with Crippen LogP contribution in [0.1, 0.15) is 6.42 Å². The summed E-state index contributed by atoms with van der Waals surface area (Å²) in [7, 11) is 0. The Morgan fingerprint density at radius 2 is 2.27 bits per heavy atom. The summed E-state index contributed by atoms with van der Waals surface area (Å²) in [6, 6.07) is -0.178. The van der Waals surface area contributed by atoms with Crippen molar-refractivity contribution in [1.82, 2.24) is 9.97 Å². The molecule has 15 heavy (non-hydrogen) atoms. The highest BCUT2D eigenvalue weighted by atomic mass is 35.5. The van der Waals surface area contributed by atoms with Crippen molar-refractivity contribution in [1.29, 1.82) is 0 Å². The van der Waals surface area contributed by atoms with Gasteiger partial charge < -0.3 is 5.73 Å². The Hall–Kier alpha value is -0.910. The number of aromatic nitrogens is 2. The lowest BCUT2D eigenvalue weighted by atomic mass is 10.3. The normalized spacial score (nSPS) is 21.1. The fourth-order valence-electron chi connectivity index (χ4n) is 1.47. The van der Waals surface area contributed by atoms with Gasteiger partial charge in [-0.1, -0.05) is 11.6 Å². The van der Waals surface area contributed by atoms with Crippen molar-refractivity contribution in [2.75, 3.05) is 11.4 Å². The van der Waals surface area contributed by atoms with Crippen molar-refractivity contribution in [3.05, 3.63) is 16.5 Å². The van der Waals surface area contributed by atoms with Gasteiger partial charge in [-0.05, 0) is 11.6 Å². The third-order valence-electron chi connectivity index (χ3n) is 2.11. The van der Waals surface area contributed by atoms with Crippen LogP contribution in [0.2, 0.25) is 10.3 Å². The zero-order chi connectivity index (χ0) is 11.0. The van der Waals surface area contributed by atoms with Gasteiger partial charge in [0.1, 0.15) is 5.02 Å². The number of anilines is 1. The topological polar surface area (TPSA) is 72.1 Å². The van der Waals surface area contributed by atoms with Crippen LogP contribution in [0.5, 0.6) is 0 Å². The molecule has 1 fully saturated rings. The Labute approximate surface area is 96.2 Å². The molecule has 0 aliphatic carbocycles. The van der Waals surface area contributed by atoms with Crippen molar-refractivity contribution in [2.45, 2.75) is 12.5 Å². The number of halogens is 2. The summed E-state index contributed by atoms with van der Waals surface area (Å²) in [4.78, 5) is 20.6. The van der Waals surface area contributed by atoms with Crippen LogP contribution in [0.3, 0.4) is 0 Å². The number of rotatable bonds is 1. The number of nitrogens with zero attached hydrogens (tertiary/aromatic N) is 3. The predicted octanol–water partition coefficient (Wildman–Crippen LogP) is 0.847.